The first kappa shape index (κ1) is 20.0. The third-order valence-corrected chi connectivity index (χ3v) is 8.26. The number of anilines is 3. The van der Waals surface area contributed by atoms with Gasteiger partial charge in [-0.1, -0.05) is 24.3 Å². The summed E-state index contributed by atoms with van der Waals surface area (Å²) in [6.45, 7) is 2.87. The van der Waals surface area contributed by atoms with E-state index in [1.165, 1.54) is 11.1 Å². The van der Waals surface area contributed by atoms with E-state index in [0.29, 0.717) is 0 Å². The summed E-state index contributed by atoms with van der Waals surface area (Å²) in [5.41, 5.74) is 13.1. The van der Waals surface area contributed by atoms with Crippen LogP contribution in [0.15, 0.2) is 61.2 Å². The third-order valence-electron chi connectivity index (χ3n) is 8.26. The Morgan fingerprint density at radius 2 is 1.82 bits per heavy atom. The van der Waals surface area contributed by atoms with Crippen LogP contribution in [-0.4, -0.2) is 39.0 Å². The second-order valence-electron chi connectivity index (χ2n) is 9.99. The van der Waals surface area contributed by atoms with Gasteiger partial charge in [-0.15, -0.1) is 0 Å². The molecule has 3 aliphatic rings. The zero-order valence-corrected chi connectivity index (χ0v) is 19.3. The summed E-state index contributed by atoms with van der Waals surface area (Å²) in [5.74, 6) is 1.96. The smallest absolute Gasteiger partial charge is 0.214 e. The van der Waals surface area contributed by atoms with Crippen LogP contribution in [0.1, 0.15) is 42.1 Å². The Morgan fingerprint density at radius 3 is 2.71 bits per heavy atom. The summed E-state index contributed by atoms with van der Waals surface area (Å²) in [4.78, 5) is 19.0. The van der Waals surface area contributed by atoms with Gasteiger partial charge in [-0.25, -0.2) is 9.97 Å². The van der Waals surface area contributed by atoms with Crippen LogP contribution in [0.25, 0.3) is 5.52 Å². The molecule has 2 N–H and O–H groups in total. The number of hydrogen-bond donors (Lipinski definition) is 1. The molecule has 1 spiro atoms. The van der Waals surface area contributed by atoms with E-state index >= 15 is 0 Å². The number of benzene rings is 1. The second kappa shape index (κ2) is 7.53. The van der Waals surface area contributed by atoms with Gasteiger partial charge in [0.1, 0.15) is 5.52 Å². The molecule has 1 saturated heterocycles. The minimum atomic E-state index is 0.129. The lowest BCUT2D eigenvalue weighted by atomic mass is 9.73. The van der Waals surface area contributed by atoms with Crippen molar-refractivity contribution in [2.75, 3.05) is 29.4 Å². The lowest BCUT2D eigenvalue weighted by molar-refractivity contribution is 0.187. The predicted molar refractivity (Wildman–Crippen MR) is 134 cm³/mol. The van der Waals surface area contributed by atoms with Crippen molar-refractivity contribution < 1.29 is 0 Å². The summed E-state index contributed by atoms with van der Waals surface area (Å²) in [6, 6.07) is 13.0. The van der Waals surface area contributed by atoms with Crippen molar-refractivity contribution >= 4 is 23.0 Å². The first-order valence-electron chi connectivity index (χ1n) is 12.4. The Bertz CT molecular complexity index is 1370. The van der Waals surface area contributed by atoms with Crippen LogP contribution in [-0.2, 0) is 12.8 Å². The molecule has 1 atom stereocenters. The number of pyridine rings is 1. The molecule has 0 radical (unpaired) electrons. The standard InChI is InChI=1S/C27H29N7/c28-24-20-6-2-1-5-19(20)17-27(24)9-14-32(15-10-27)25-23-18-31-26(34(23)16-12-30-25)33-13-4-7-21-22(33)8-3-11-29-21/h1-3,5-6,8,11-12,16,18,24H,4,7,9-10,13-15,17,28H2/t24-/m1/s1. The SMILES string of the molecule is N[C@@H]1c2ccccc2CC12CCN(c1nccn3c(N4CCCc5ncccc54)ncc13)CC2. The molecule has 1 fully saturated rings. The highest BCUT2D eigenvalue weighted by molar-refractivity contribution is 5.73. The van der Waals surface area contributed by atoms with E-state index < -0.39 is 0 Å². The molecule has 34 heavy (non-hydrogen) atoms. The molecular weight excluding hydrogens is 422 g/mol. The number of aromatic nitrogens is 4. The fraction of sp³-hybridized carbons (Fsp3) is 0.370. The number of rotatable bonds is 2. The van der Waals surface area contributed by atoms with Crippen molar-refractivity contribution in [3.63, 3.8) is 0 Å². The van der Waals surface area contributed by atoms with Crippen molar-refractivity contribution in [3.8, 4) is 0 Å². The third kappa shape index (κ3) is 2.89. The largest absolute Gasteiger partial charge is 0.355 e. The van der Waals surface area contributed by atoms with Crippen molar-refractivity contribution in [2.24, 2.45) is 11.1 Å². The average molecular weight is 452 g/mol. The van der Waals surface area contributed by atoms with E-state index in [-0.39, 0.29) is 11.5 Å². The van der Waals surface area contributed by atoms with Gasteiger partial charge in [0.05, 0.1) is 17.6 Å². The molecule has 3 aromatic heterocycles. The van der Waals surface area contributed by atoms with Gasteiger partial charge in [-0.3, -0.25) is 9.38 Å². The minimum Gasteiger partial charge on any atom is -0.355 e. The van der Waals surface area contributed by atoms with Gasteiger partial charge in [0.15, 0.2) is 5.82 Å². The van der Waals surface area contributed by atoms with Gasteiger partial charge < -0.3 is 15.5 Å². The zero-order chi connectivity index (χ0) is 22.7. The molecule has 0 unspecified atom stereocenters. The summed E-state index contributed by atoms with van der Waals surface area (Å²) in [6.07, 6.45) is 13.1. The lowest BCUT2D eigenvalue weighted by Crippen LogP contribution is -2.44. The molecule has 2 aliphatic heterocycles. The van der Waals surface area contributed by atoms with Gasteiger partial charge in [0.2, 0.25) is 5.95 Å². The van der Waals surface area contributed by atoms with E-state index in [4.69, 9.17) is 15.7 Å². The Balaban J connectivity index is 1.18. The quantitative estimate of drug-likeness (QED) is 0.496. The Labute approximate surface area is 199 Å². The number of hydrogen-bond acceptors (Lipinski definition) is 6. The molecule has 172 valence electrons. The Morgan fingerprint density at radius 1 is 0.941 bits per heavy atom. The number of fused-ring (bicyclic) bond motifs is 3. The molecule has 0 amide bonds. The van der Waals surface area contributed by atoms with Gasteiger partial charge in [-0.05, 0) is 60.8 Å². The average Bonchev–Trinajstić information content (AvgIpc) is 3.44. The topological polar surface area (TPSA) is 75.6 Å². The number of imidazole rings is 1. The van der Waals surface area contributed by atoms with Crippen molar-refractivity contribution in [1.82, 2.24) is 19.4 Å². The van der Waals surface area contributed by atoms with E-state index in [2.05, 4.69) is 49.5 Å². The van der Waals surface area contributed by atoms with Crippen LogP contribution >= 0.6 is 0 Å². The van der Waals surface area contributed by atoms with Crippen molar-refractivity contribution in [2.45, 2.75) is 38.1 Å². The molecular formula is C27H29N7. The fourth-order valence-corrected chi connectivity index (χ4v) is 6.41. The fourth-order valence-electron chi connectivity index (χ4n) is 6.41. The van der Waals surface area contributed by atoms with Crippen molar-refractivity contribution in [1.29, 1.82) is 0 Å². The van der Waals surface area contributed by atoms with Crippen LogP contribution in [0, 0.1) is 5.41 Å². The molecule has 0 bridgehead atoms. The first-order chi connectivity index (χ1) is 16.7. The lowest BCUT2D eigenvalue weighted by Gasteiger charge is -2.42. The van der Waals surface area contributed by atoms with Crippen molar-refractivity contribution in [3.05, 3.63) is 78.0 Å². The van der Waals surface area contributed by atoms with Crippen LogP contribution in [0.2, 0.25) is 0 Å². The molecule has 1 aliphatic carbocycles. The molecule has 7 heteroatoms. The van der Waals surface area contributed by atoms with E-state index in [9.17, 15) is 0 Å². The maximum absolute atomic E-state index is 6.80. The van der Waals surface area contributed by atoms with E-state index in [0.717, 1.165) is 80.4 Å². The molecule has 7 nitrogen and oxygen atoms in total. The summed E-state index contributed by atoms with van der Waals surface area (Å²) in [5, 5.41) is 0. The van der Waals surface area contributed by atoms with Gasteiger partial charge in [0, 0.05) is 44.3 Å². The Hall–Kier alpha value is -3.45. The number of aryl methyl sites for hydroxylation is 1. The number of nitrogens with zero attached hydrogens (tertiary/aromatic N) is 6. The van der Waals surface area contributed by atoms with Crippen LogP contribution in [0.5, 0.6) is 0 Å². The normalized spacial score (nSPS) is 21.1. The second-order valence-corrected chi connectivity index (χ2v) is 9.99. The highest BCUT2D eigenvalue weighted by Crippen LogP contribution is 2.51. The molecule has 0 saturated carbocycles. The van der Waals surface area contributed by atoms with Gasteiger partial charge in [0.25, 0.3) is 0 Å². The first-order valence-corrected chi connectivity index (χ1v) is 12.4. The molecule has 4 aromatic rings. The summed E-state index contributed by atoms with van der Waals surface area (Å²) >= 11 is 0. The number of piperidine rings is 1. The maximum Gasteiger partial charge on any atom is 0.214 e. The molecule has 7 rings (SSSR count). The summed E-state index contributed by atoms with van der Waals surface area (Å²) in [7, 11) is 0. The number of nitrogens with two attached hydrogens (primary N) is 1. The predicted octanol–water partition coefficient (Wildman–Crippen LogP) is 4.05. The zero-order valence-electron chi connectivity index (χ0n) is 19.3. The highest BCUT2D eigenvalue weighted by Gasteiger charge is 2.46. The monoisotopic (exact) mass is 451 g/mol. The highest BCUT2D eigenvalue weighted by atomic mass is 15.3. The van der Waals surface area contributed by atoms with E-state index in [1.54, 1.807) is 0 Å². The van der Waals surface area contributed by atoms with Crippen LogP contribution < -0.4 is 15.5 Å². The Kier molecular flexibility index (Phi) is 4.42. The maximum atomic E-state index is 6.80. The molecule has 5 heterocycles. The van der Waals surface area contributed by atoms with E-state index in [1.807, 2.05) is 30.9 Å². The minimum absolute atomic E-state index is 0.129. The van der Waals surface area contributed by atoms with Crippen LogP contribution in [0.3, 0.4) is 0 Å². The summed E-state index contributed by atoms with van der Waals surface area (Å²) < 4.78 is 2.19. The van der Waals surface area contributed by atoms with Gasteiger partial charge >= 0.3 is 0 Å². The van der Waals surface area contributed by atoms with Gasteiger partial charge in [-0.2, -0.15) is 0 Å². The molecule has 1 aromatic carbocycles. The van der Waals surface area contributed by atoms with Crippen LogP contribution in [0.4, 0.5) is 17.5 Å².